The summed E-state index contributed by atoms with van der Waals surface area (Å²) < 4.78 is 1.71. The number of carbonyl (C=O) groups excluding carboxylic acids is 2. The van der Waals surface area contributed by atoms with Crippen LogP contribution in [0.3, 0.4) is 0 Å². The first-order valence-electron chi connectivity index (χ1n) is 10.0. The Morgan fingerprint density at radius 1 is 1.03 bits per heavy atom. The second kappa shape index (κ2) is 6.58. The van der Waals surface area contributed by atoms with Gasteiger partial charge in [0.25, 0.3) is 0 Å². The number of amides is 2. The highest BCUT2D eigenvalue weighted by molar-refractivity contribution is 6.15. The average Bonchev–Trinajstić information content (AvgIpc) is 3.26. The zero-order valence-corrected chi connectivity index (χ0v) is 16.3. The Balaban J connectivity index is 1.72. The van der Waals surface area contributed by atoms with Gasteiger partial charge in [-0.25, -0.2) is 4.68 Å². The first-order valence-corrected chi connectivity index (χ1v) is 10.0. The molecule has 6 nitrogen and oxygen atoms in total. The number of para-hydroxylation sites is 2. The molecule has 0 bridgehead atoms. The van der Waals surface area contributed by atoms with Crippen molar-refractivity contribution in [1.82, 2.24) is 9.78 Å². The number of rotatable bonds is 4. The summed E-state index contributed by atoms with van der Waals surface area (Å²) in [6.07, 6.45) is 3.74. The summed E-state index contributed by atoms with van der Waals surface area (Å²) in [5.74, 6) is 0.375. The van der Waals surface area contributed by atoms with Gasteiger partial charge in [-0.2, -0.15) is 5.10 Å². The normalized spacial score (nSPS) is 20.0. The van der Waals surface area contributed by atoms with Crippen molar-refractivity contribution in [3.8, 4) is 5.69 Å². The largest absolute Gasteiger partial charge is 0.311 e. The lowest BCUT2D eigenvalue weighted by molar-refractivity contribution is -0.126. The van der Waals surface area contributed by atoms with Gasteiger partial charge in [-0.05, 0) is 30.2 Å². The van der Waals surface area contributed by atoms with Gasteiger partial charge in [0.2, 0.25) is 11.8 Å². The van der Waals surface area contributed by atoms with E-state index < -0.39 is 5.41 Å². The molecule has 1 N–H and O–H groups in total. The molecule has 3 heterocycles. The van der Waals surface area contributed by atoms with E-state index in [4.69, 9.17) is 0 Å². The van der Waals surface area contributed by atoms with Crippen molar-refractivity contribution in [3.63, 3.8) is 0 Å². The van der Waals surface area contributed by atoms with Crippen LogP contribution in [0, 0.1) is 0 Å². The Bertz CT molecular complexity index is 1110. The van der Waals surface area contributed by atoms with E-state index in [1.54, 1.807) is 10.9 Å². The van der Waals surface area contributed by atoms with Gasteiger partial charge in [0.15, 0.2) is 0 Å². The lowest BCUT2D eigenvalue weighted by Crippen LogP contribution is -2.46. The molecule has 2 amide bonds. The monoisotopic (exact) mass is 386 g/mol. The van der Waals surface area contributed by atoms with Gasteiger partial charge in [-0.15, -0.1) is 0 Å². The van der Waals surface area contributed by atoms with E-state index in [0.29, 0.717) is 12.4 Å². The van der Waals surface area contributed by atoms with E-state index in [1.807, 2.05) is 59.5 Å². The maximum absolute atomic E-state index is 13.8. The summed E-state index contributed by atoms with van der Waals surface area (Å²) >= 11 is 0. The second-order valence-corrected chi connectivity index (χ2v) is 7.61. The fraction of sp³-hybridized carbons (Fsp3) is 0.261. The molecular formula is C23H22N4O2. The highest BCUT2D eigenvalue weighted by atomic mass is 16.2. The minimum Gasteiger partial charge on any atom is -0.311 e. The Kier molecular flexibility index (Phi) is 4.01. The molecule has 1 aromatic heterocycles. The number of carbonyl (C=O) groups is 2. The highest BCUT2D eigenvalue weighted by Crippen LogP contribution is 2.52. The Labute approximate surface area is 169 Å². The number of nitrogens with zero attached hydrogens (tertiary/aromatic N) is 3. The molecular weight excluding hydrogens is 364 g/mol. The maximum Gasteiger partial charge on any atom is 0.242 e. The third-order valence-electron chi connectivity index (χ3n) is 5.91. The fourth-order valence-corrected chi connectivity index (χ4v) is 4.55. The van der Waals surface area contributed by atoms with Crippen LogP contribution in [0.15, 0.2) is 60.8 Å². The smallest absolute Gasteiger partial charge is 0.242 e. The van der Waals surface area contributed by atoms with Gasteiger partial charge in [0.1, 0.15) is 11.2 Å². The molecule has 1 atom stereocenters. The molecule has 1 spiro atoms. The predicted molar refractivity (Wildman–Crippen MR) is 111 cm³/mol. The first-order chi connectivity index (χ1) is 14.2. The highest BCUT2D eigenvalue weighted by Gasteiger charge is 2.56. The van der Waals surface area contributed by atoms with Crippen molar-refractivity contribution in [2.75, 3.05) is 16.8 Å². The molecule has 146 valence electrons. The molecule has 2 aliphatic rings. The summed E-state index contributed by atoms with van der Waals surface area (Å²) in [6, 6.07) is 17.5. The number of hydrogen-bond acceptors (Lipinski definition) is 3. The zero-order valence-electron chi connectivity index (χ0n) is 16.3. The van der Waals surface area contributed by atoms with Gasteiger partial charge in [0, 0.05) is 24.2 Å². The summed E-state index contributed by atoms with van der Waals surface area (Å²) in [5, 5.41) is 7.51. The molecule has 0 radical (unpaired) electrons. The van der Waals surface area contributed by atoms with Crippen molar-refractivity contribution in [2.24, 2.45) is 0 Å². The van der Waals surface area contributed by atoms with Gasteiger partial charge in [0.05, 0.1) is 11.9 Å². The summed E-state index contributed by atoms with van der Waals surface area (Å²) in [6.45, 7) is 2.76. The molecule has 3 aromatic rings. The maximum atomic E-state index is 13.8. The fourth-order valence-electron chi connectivity index (χ4n) is 4.55. The summed E-state index contributed by atoms with van der Waals surface area (Å²) in [7, 11) is 0. The van der Waals surface area contributed by atoms with Gasteiger partial charge in [-0.3, -0.25) is 9.59 Å². The van der Waals surface area contributed by atoms with Crippen LogP contribution >= 0.6 is 0 Å². The van der Waals surface area contributed by atoms with Crippen LogP contribution in [0.2, 0.25) is 0 Å². The minimum atomic E-state index is -1.02. The number of unbranched alkanes of at least 4 members (excludes halogenated alkanes) is 1. The third-order valence-corrected chi connectivity index (χ3v) is 5.91. The standard InChI is InChI=1S/C23H22N4O2/c1-2-3-13-26-19-12-8-7-11-17(19)23(22(26)29)14-20(28)25-21-18(23)15-24-27(21)16-9-5-4-6-10-16/h4-12,15H,2-3,13-14H2,1H3,(H,25,28)/t23-/m0/s1. The van der Waals surface area contributed by atoms with Crippen LogP contribution in [0.4, 0.5) is 11.5 Å². The topological polar surface area (TPSA) is 67.2 Å². The number of anilines is 2. The van der Waals surface area contributed by atoms with Crippen LogP contribution in [-0.4, -0.2) is 28.1 Å². The molecule has 0 aliphatic carbocycles. The Hall–Kier alpha value is -3.41. The molecule has 0 fully saturated rings. The van der Waals surface area contributed by atoms with Gasteiger partial charge in [-0.1, -0.05) is 49.7 Å². The first kappa shape index (κ1) is 17.7. The summed E-state index contributed by atoms with van der Waals surface area (Å²) in [5.41, 5.74) is 2.38. The molecule has 6 heteroatoms. The molecule has 2 aromatic carbocycles. The Morgan fingerprint density at radius 2 is 1.79 bits per heavy atom. The van der Waals surface area contributed by atoms with E-state index in [2.05, 4.69) is 17.3 Å². The van der Waals surface area contributed by atoms with Crippen LogP contribution in [0.25, 0.3) is 5.69 Å². The summed E-state index contributed by atoms with van der Waals surface area (Å²) in [4.78, 5) is 28.5. The molecule has 2 aliphatic heterocycles. The molecule has 0 unspecified atom stereocenters. The van der Waals surface area contributed by atoms with Crippen molar-refractivity contribution in [2.45, 2.75) is 31.6 Å². The molecule has 0 saturated heterocycles. The van der Waals surface area contributed by atoms with Gasteiger partial charge < -0.3 is 10.2 Å². The quantitative estimate of drug-likeness (QED) is 0.744. The number of benzene rings is 2. The van der Waals surface area contributed by atoms with E-state index in [-0.39, 0.29) is 18.2 Å². The third kappa shape index (κ3) is 2.45. The van der Waals surface area contributed by atoms with Crippen LogP contribution < -0.4 is 10.2 Å². The van der Waals surface area contributed by atoms with Crippen molar-refractivity contribution in [1.29, 1.82) is 0 Å². The molecule has 5 rings (SSSR count). The second-order valence-electron chi connectivity index (χ2n) is 7.61. The molecule has 0 saturated carbocycles. The molecule has 29 heavy (non-hydrogen) atoms. The number of nitrogens with one attached hydrogen (secondary N) is 1. The number of fused-ring (bicyclic) bond motifs is 4. The number of aromatic nitrogens is 2. The lowest BCUT2D eigenvalue weighted by Gasteiger charge is -2.32. The number of hydrogen-bond donors (Lipinski definition) is 1. The van der Waals surface area contributed by atoms with E-state index in [0.717, 1.165) is 35.3 Å². The van der Waals surface area contributed by atoms with E-state index >= 15 is 0 Å². The van der Waals surface area contributed by atoms with E-state index in [9.17, 15) is 9.59 Å². The minimum absolute atomic E-state index is 0.0316. The SMILES string of the molecule is CCCCN1C(=O)[C@@]2(CC(=O)Nc3c2cnn3-c2ccccc2)c2ccccc21. The van der Waals surface area contributed by atoms with Gasteiger partial charge >= 0.3 is 0 Å². The van der Waals surface area contributed by atoms with Crippen molar-refractivity contribution < 1.29 is 9.59 Å². The lowest BCUT2D eigenvalue weighted by atomic mass is 9.72. The van der Waals surface area contributed by atoms with Crippen molar-refractivity contribution >= 4 is 23.3 Å². The Morgan fingerprint density at radius 3 is 2.59 bits per heavy atom. The predicted octanol–water partition coefficient (Wildman–Crippen LogP) is 3.65. The van der Waals surface area contributed by atoms with E-state index in [1.165, 1.54) is 0 Å². The van der Waals surface area contributed by atoms with Crippen LogP contribution in [-0.2, 0) is 15.0 Å². The van der Waals surface area contributed by atoms with Crippen molar-refractivity contribution in [3.05, 3.63) is 71.9 Å². The van der Waals surface area contributed by atoms with Crippen LogP contribution in [0.5, 0.6) is 0 Å². The zero-order chi connectivity index (χ0) is 20.0. The average molecular weight is 386 g/mol. The van der Waals surface area contributed by atoms with Crippen LogP contribution in [0.1, 0.15) is 37.3 Å².